The normalized spacial score (nSPS) is 22.4. The van der Waals surface area contributed by atoms with Crippen molar-refractivity contribution in [3.8, 4) is 0 Å². The van der Waals surface area contributed by atoms with Crippen LogP contribution >= 0.6 is 0 Å². The Morgan fingerprint density at radius 3 is 2.50 bits per heavy atom. The molecule has 1 aliphatic rings. The smallest absolute Gasteiger partial charge is 0.0369 e. The van der Waals surface area contributed by atoms with Gasteiger partial charge in [0, 0.05) is 18.6 Å². The third-order valence-electron chi connectivity index (χ3n) is 4.99. The average molecular weight is 274 g/mol. The van der Waals surface area contributed by atoms with Gasteiger partial charge in [-0.1, -0.05) is 51.1 Å². The van der Waals surface area contributed by atoms with Gasteiger partial charge in [-0.2, -0.15) is 0 Å². The third-order valence-corrected chi connectivity index (χ3v) is 4.99. The minimum atomic E-state index is 0.124. The van der Waals surface area contributed by atoms with Crippen LogP contribution in [0.2, 0.25) is 0 Å². The highest BCUT2D eigenvalue weighted by molar-refractivity contribution is 5.18. The molecule has 20 heavy (non-hydrogen) atoms. The third kappa shape index (κ3) is 3.42. The van der Waals surface area contributed by atoms with Gasteiger partial charge in [-0.15, -0.1) is 0 Å². The number of nitrogens with zero attached hydrogens (tertiary/aromatic N) is 1. The lowest BCUT2D eigenvalue weighted by Gasteiger charge is -2.49. The molecule has 112 valence electrons. The summed E-state index contributed by atoms with van der Waals surface area (Å²) in [5, 5.41) is 0. The van der Waals surface area contributed by atoms with Crippen molar-refractivity contribution in [2.45, 2.75) is 52.0 Å². The number of likely N-dealkylation sites (tertiary alicyclic amines) is 1. The molecule has 2 N–H and O–H groups in total. The molecule has 1 unspecified atom stereocenters. The van der Waals surface area contributed by atoms with Crippen LogP contribution in [0.25, 0.3) is 0 Å². The molecular weight excluding hydrogens is 244 g/mol. The molecule has 2 nitrogen and oxygen atoms in total. The molecule has 2 heteroatoms. The summed E-state index contributed by atoms with van der Waals surface area (Å²) >= 11 is 0. The maximum atomic E-state index is 6.24. The van der Waals surface area contributed by atoms with Crippen molar-refractivity contribution in [2.75, 3.05) is 19.6 Å². The van der Waals surface area contributed by atoms with Crippen LogP contribution in [0.3, 0.4) is 0 Å². The summed E-state index contributed by atoms with van der Waals surface area (Å²) < 4.78 is 0. The highest BCUT2D eigenvalue weighted by Gasteiger charge is 2.39. The number of hydrogen-bond donors (Lipinski definition) is 1. The van der Waals surface area contributed by atoms with Gasteiger partial charge in [-0.3, -0.25) is 4.90 Å². The molecule has 0 bridgehead atoms. The van der Waals surface area contributed by atoms with Crippen molar-refractivity contribution in [3.05, 3.63) is 35.9 Å². The molecule has 1 aromatic carbocycles. The van der Waals surface area contributed by atoms with Crippen LogP contribution in [-0.2, 0) is 6.42 Å². The SMILES string of the molecule is CCC(CN)(Cc1ccccc1)N1CCCC(C)(C)C1. The van der Waals surface area contributed by atoms with Gasteiger partial charge < -0.3 is 5.73 Å². The Kier molecular flexibility index (Phi) is 4.87. The highest BCUT2D eigenvalue weighted by Crippen LogP contribution is 2.35. The Balaban J connectivity index is 2.20. The minimum Gasteiger partial charge on any atom is -0.329 e. The lowest BCUT2D eigenvalue weighted by atomic mass is 9.78. The molecule has 1 aliphatic heterocycles. The Hall–Kier alpha value is -0.860. The van der Waals surface area contributed by atoms with Crippen molar-refractivity contribution in [1.29, 1.82) is 0 Å². The predicted octanol–water partition coefficient (Wildman–Crippen LogP) is 3.46. The van der Waals surface area contributed by atoms with Crippen molar-refractivity contribution >= 4 is 0 Å². The first kappa shape index (κ1) is 15.5. The zero-order valence-corrected chi connectivity index (χ0v) is 13.4. The van der Waals surface area contributed by atoms with Crippen LogP contribution in [-0.4, -0.2) is 30.1 Å². The number of rotatable bonds is 5. The van der Waals surface area contributed by atoms with Crippen LogP contribution in [0.4, 0.5) is 0 Å². The van der Waals surface area contributed by atoms with Crippen LogP contribution in [0.15, 0.2) is 30.3 Å². The number of nitrogens with two attached hydrogens (primary N) is 1. The van der Waals surface area contributed by atoms with Gasteiger partial charge >= 0.3 is 0 Å². The van der Waals surface area contributed by atoms with Gasteiger partial charge in [0.25, 0.3) is 0 Å². The largest absolute Gasteiger partial charge is 0.329 e. The van der Waals surface area contributed by atoms with E-state index in [4.69, 9.17) is 5.73 Å². The van der Waals surface area contributed by atoms with Gasteiger partial charge in [-0.25, -0.2) is 0 Å². The highest BCUT2D eigenvalue weighted by atomic mass is 15.2. The lowest BCUT2D eigenvalue weighted by molar-refractivity contribution is 0.0155. The first-order valence-corrected chi connectivity index (χ1v) is 8.00. The van der Waals surface area contributed by atoms with E-state index in [2.05, 4.69) is 56.0 Å². The maximum absolute atomic E-state index is 6.24. The van der Waals surface area contributed by atoms with E-state index < -0.39 is 0 Å². The van der Waals surface area contributed by atoms with E-state index >= 15 is 0 Å². The summed E-state index contributed by atoms with van der Waals surface area (Å²) in [5.74, 6) is 0. The van der Waals surface area contributed by atoms with E-state index in [-0.39, 0.29) is 5.54 Å². The second-order valence-corrected chi connectivity index (χ2v) is 7.13. The molecule has 1 atom stereocenters. The van der Waals surface area contributed by atoms with Crippen molar-refractivity contribution in [2.24, 2.45) is 11.1 Å². The molecule has 1 aromatic rings. The second-order valence-electron chi connectivity index (χ2n) is 7.13. The van der Waals surface area contributed by atoms with E-state index in [0.29, 0.717) is 5.41 Å². The zero-order chi connectivity index (χ0) is 14.6. The fourth-order valence-electron chi connectivity index (χ4n) is 3.61. The van der Waals surface area contributed by atoms with Crippen LogP contribution < -0.4 is 5.73 Å². The fraction of sp³-hybridized carbons (Fsp3) is 0.667. The summed E-state index contributed by atoms with van der Waals surface area (Å²) in [6, 6.07) is 10.8. The molecular formula is C18H30N2. The molecule has 0 saturated carbocycles. The Labute approximate surface area is 124 Å². The van der Waals surface area contributed by atoms with Crippen LogP contribution in [0, 0.1) is 5.41 Å². The monoisotopic (exact) mass is 274 g/mol. The van der Waals surface area contributed by atoms with Crippen LogP contribution in [0.5, 0.6) is 0 Å². The Bertz CT molecular complexity index is 407. The maximum Gasteiger partial charge on any atom is 0.0369 e. The summed E-state index contributed by atoms with van der Waals surface area (Å²) in [6.45, 7) is 10.2. The minimum absolute atomic E-state index is 0.124. The Morgan fingerprint density at radius 2 is 1.95 bits per heavy atom. The summed E-state index contributed by atoms with van der Waals surface area (Å²) in [4.78, 5) is 2.67. The van der Waals surface area contributed by atoms with Crippen molar-refractivity contribution in [3.63, 3.8) is 0 Å². The molecule has 1 heterocycles. The van der Waals surface area contributed by atoms with E-state index in [1.54, 1.807) is 0 Å². The van der Waals surface area contributed by atoms with E-state index in [1.807, 2.05) is 0 Å². The van der Waals surface area contributed by atoms with Crippen LogP contribution in [0.1, 0.15) is 45.6 Å². The molecule has 2 rings (SSSR count). The lowest BCUT2D eigenvalue weighted by Crippen LogP contribution is -2.59. The summed E-state index contributed by atoms with van der Waals surface area (Å²) in [5.41, 5.74) is 8.19. The van der Waals surface area contributed by atoms with E-state index in [9.17, 15) is 0 Å². The molecule has 0 amide bonds. The predicted molar refractivity (Wildman–Crippen MR) is 86.8 cm³/mol. The molecule has 0 radical (unpaired) electrons. The Morgan fingerprint density at radius 1 is 1.25 bits per heavy atom. The summed E-state index contributed by atoms with van der Waals surface area (Å²) in [6.07, 6.45) is 4.81. The first-order valence-electron chi connectivity index (χ1n) is 8.00. The number of benzene rings is 1. The molecule has 1 saturated heterocycles. The number of piperidine rings is 1. The second kappa shape index (κ2) is 6.28. The topological polar surface area (TPSA) is 29.3 Å². The molecule has 0 aromatic heterocycles. The zero-order valence-electron chi connectivity index (χ0n) is 13.4. The standard InChI is InChI=1S/C18H30N2/c1-4-18(14-19,13-16-9-6-5-7-10-16)20-12-8-11-17(2,3)15-20/h5-7,9-10H,4,8,11-15,19H2,1-3H3. The number of hydrogen-bond acceptors (Lipinski definition) is 2. The average Bonchev–Trinajstić information content (AvgIpc) is 2.45. The van der Waals surface area contributed by atoms with Gasteiger partial charge in [0.1, 0.15) is 0 Å². The summed E-state index contributed by atoms with van der Waals surface area (Å²) in [7, 11) is 0. The first-order chi connectivity index (χ1) is 9.51. The van der Waals surface area contributed by atoms with Crippen molar-refractivity contribution in [1.82, 2.24) is 4.90 Å². The van der Waals surface area contributed by atoms with Gasteiger partial charge in [0.2, 0.25) is 0 Å². The molecule has 0 spiro atoms. The quantitative estimate of drug-likeness (QED) is 0.891. The van der Waals surface area contributed by atoms with Crippen molar-refractivity contribution < 1.29 is 0 Å². The molecule has 1 fully saturated rings. The van der Waals surface area contributed by atoms with E-state index in [1.165, 1.54) is 31.5 Å². The molecule has 0 aliphatic carbocycles. The van der Waals surface area contributed by atoms with Gasteiger partial charge in [-0.05, 0) is 43.2 Å². The van der Waals surface area contributed by atoms with Gasteiger partial charge in [0.15, 0.2) is 0 Å². The van der Waals surface area contributed by atoms with E-state index in [0.717, 1.165) is 19.4 Å². The van der Waals surface area contributed by atoms with Gasteiger partial charge in [0.05, 0.1) is 0 Å². The fourth-order valence-corrected chi connectivity index (χ4v) is 3.61.